The summed E-state index contributed by atoms with van der Waals surface area (Å²) in [5, 5.41) is 22.4. The Morgan fingerprint density at radius 2 is 1.52 bits per heavy atom. The predicted molar refractivity (Wildman–Crippen MR) is 154 cm³/mol. The number of aromatic nitrogens is 8. The highest BCUT2D eigenvalue weighted by Crippen LogP contribution is 2.58. The molecule has 0 saturated carbocycles. The minimum atomic E-state index is -4.28. The van der Waals surface area contributed by atoms with Crippen molar-refractivity contribution in [1.82, 2.24) is 39.0 Å². The number of ether oxygens (including phenoxy) is 2. The van der Waals surface area contributed by atoms with Gasteiger partial charge in [-0.2, -0.15) is 0 Å². The van der Waals surface area contributed by atoms with Crippen molar-refractivity contribution in [2.75, 3.05) is 18.9 Å². The van der Waals surface area contributed by atoms with Gasteiger partial charge in [-0.3, -0.25) is 22.7 Å². The molecule has 19 nitrogen and oxygen atoms in total. The molecule has 3 aliphatic rings. The molecule has 3 fully saturated rings. The number of thiol groups is 1. The Kier molecular flexibility index (Phi) is 7.77. The molecule has 7 rings (SSSR count). The Bertz CT molecular complexity index is 1830. The lowest BCUT2D eigenvalue weighted by Crippen LogP contribution is -2.36. The summed E-state index contributed by atoms with van der Waals surface area (Å²) in [5.74, 6) is 0.111. The molecule has 0 amide bonds. The van der Waals surface area contributed by atoms with Crippen LogP contribution in [0.5, 0.6) is 0 Å². The van der Waals surface area contributed by atoms with E-state index >= 15 is 0 Å². The van der Waals surface area contributed by atoms with Crippen LogP contribution in [0, 0.1) is 6.92 Å². The SMILES string of the molecule is Cc1ncnc2c1ncn2[C@@H]1O[C@@H]2COP(O)(=S)O[C@H]3[C@@H](O)[C@H](n4cnc5c(N)ncnc54)O[C@@H]3COP(=O)(S)O[C@@H]1[C@@H]2O. The van der Waals surface area contributed by atoms with Crippen LogP contribution in [0.4, 0.5) is 5.82 Å². The van der Waals surface area contributed by atoms with Crippen molar-refractivity contribution in [3.8, 4) is 0 Å². The molecule has 236 valence electrons. The van der Waals surface area contributed by atoms with Crippen LogP contribution in [-0.4, -0.2) is 104 Å². The highest BCUT2D eigenvalue weighted by Gasteiger charge is 2.53. The second kappa shape index (κ2) is 11.2. The average Bonchev–Trinajstić information content (AvgIpc) is 3.73. The molecule has 4 aromatic heterocycles. The third kappa shape index (κ3) is 5.34. The first-order valence-electron chi connectivity index (χ1n) is 13.0. The molecule has 10 atom stereocenters. The number of anilines is 1. The Morgan fingerprint density at radius 1 is 0.886 bits per heavy atom. The van der Waals surface area contributed by atoms with E-state index in [4.69, 9.17) is 45.1 Å². The monoisotopic (exact) mass is 689 g/mol. The van der Waals surface area contributed by atoms with Gasteiger partial charge in [0.2, 0.25) is 0 Å². The van der Waals surface area contributed by atoms with E-state index in [1.54, 1.807) is 6.92 Å². The maximum absolute atomic E-state index is 13.5. The summed E-state index contributed by atoms with van der Waals surface area (Å²) in [4.78, 5) is 36.0. The zero-order chi connectivity index (χ0) is 31.0. The van der Waals surface area contributed by atoms with Crippen LogP contribution in [0.1, 0.15) is 18.1 Å². The van der Waals surface area contributed by atoms with Gasteiger partial charge in [0.05, 0.1) is 31.6 Å². The van der Waals surface area contributed by atoms with Crippen molar-refractivity contribution in [2.45, 2.75) is 56.0 Å². The fraction of sp³-hybridized carbons (Fsp3) is 0.524. The largest absolute Gasteiger partial charge is 0.387 e. The number of aliphatic hydroxyl groups is 2. The fourth-order valence-corrected chi connectivity index (χ4v) is 8.23. The van der Waals surface area contributed by atoms with Crippen molar-refractivity contribution in [1.29, 1.82) is 0 Å². The predicted octanol–water partition coefficient (Wildman–Crippen LogP) is 0.145. The van der Waals surface area contributed by atoms with Crippen molar-refractivity contribution >= 4 is 65.7 Å². The number of aryl methyl sites for hydroxylation is 1. The van der Waals surface area contributed by atoms with E-state index in [0.717, 1.165) is 0 Å². The highest BCUT2D eigenvalue weighted by molar-refractivity contribution is 8.44. The number of imidazole rings is 2. The van der Waals surface area contributed by atoms with E-state index in [2.05, 4.69) is 42.2 Å². The molecule has 5 N–H and O–H groups in total. The van der Waals surface area contributed by atoms with Gasteiger partial charge in [0, 0.05) is 0 Å². The summed E-state index contributed by atoms with van der Waals surface area (Å²) < 4.78 is 51.1. The summed E-state index contributed by atoms with van der Waals surface area (Å²) in [6.45, 7) is -7.64. The topological polar surface area (TPSA) is 246 Å². The average molecular weight is 690 g/mol. The number of nitrogens with zero attached hydrogens (tertiary/aromatic N) is 8. The van der Waals surface area contributed by atoms with Crippen LogP contribution in [0.2, 0.25) is 0 Å². The first-order chi connectivity index (χ1) is 20.9. The van der Waals surface area contributed by atoms with Crippen molar-refractivity contribution in [3.05, 3.63) is 31.0 Å². The maximum atomic E-state index is 13.5. The molecule has 3 aliphatic heterocycles. The van der Waals surface area contributed by atoms with Crippen LogP contribution < -0.4 is 5.73 Å². The van der Waals surface area contributed by atoms with E-state index in [1.165, 1.54) is 34.4 Å². The molecule has 23 heteroatoms. The lowest BCUT2D eigenvalue weighted by atomic mass is 10.1. The van der Waals surface area contributed by atoms with Crippen molar-refractivity contribution < 1.29 is 47.2 Å². The zero-order valence-corrected chi connectivity index (χ0v) is 25.9. The van der Waals surface area contributed by atoms with Gasteiger partial charge >= 0.3 is 13.5 Å². The molecule has 4 aromatic rings. The number of fused-ring (bicyclic) bond motifs is 5. The number of hydrogen-bond acceptors (Lipinski definition) is 17. The number of hydrogen-bond donors (Lipinski definition) is 5. The molecule has 0 radical (unpaired) electrons. The zero-order valence-electron chi connectivity index (χ0n) is 22.4. The number of nitrogen functional groups attached to an aromatic ring is 1. The molecule has 2 unspecified atom stereocenters. The molecular weight excluding hydrogens is 664 g/mol. The summed E-state index contributed by atoms with van der Waals surface area (Å²) in [6, 6.07) is 0. The van der Waals surface area contributed by atoms with Crippen molar-refractivity contribution in [2.24, 2.45) is 0 Å². The summed E-state index contributed by atoms with van der Waals surface area (Å²) in [5.41, 5.74) is 7.83. The standard InChI is InChI=1S/C21H25N9O10P2S2/c1-8-11-18(25-4-23-8)30(6-27-11)21-16-13(31)9(37-21)2-35-41(33,43)39-15-10(3-36-42(34,44)40-16)38-20(14(15)32)29-7-28-12-17(22)24-5-26-19(12)29/h4-7,9-10,13-16,20-21,31-32H,2-3H2,1H3,(H,33,43)(H,34,44)(H2,22,24,26)/t9-,10-,13-,14-,15-,16-,20-,21-,41?,42?/m1/s1. The Hall–Kier alpha value is -2.23. The third-order valence-corrected chi connectivity index (χ3v) is 10.6. The third-order valence-electron chi connectivity index (χ3n) is 7.41. The molecule has 7 heterocycles. The van der Waals surface area contributed by atoms with Crippen LogP contribution in [0.15, 0.2) is 25.3 Å². The molecule has 2 bridgehead atoms. The van der Waals surface area contributed by atoms with Gasteiger partial charge in [0.25, 0.3) is 0 Å². The minimum Gasteiger partial charge on any atom is -0.387 e. The molecule has 0 spiro atoms. The Balaban J connectivity index is 1.20. The smallest absolute Gasteiger partial charge is 0.386 e. The highest BCUT2D eigenvalue weighted by atomic mass is 32.7. The minimum absolute atomic E-state index is 0.111. The van der Waals surface area contributed by atoms with E-state index < -0.39 is 75.8 Å². The molecule has 0 aliphatic carbocycles. The first kappa shape index (κ1) is 30.4. The Labute approximate surface area is 257 Å². The van der Waals surface area contributed by atoms with E-state index in [0.29, 0.717) is 16.9 Å². The second-order valence-corrected chi connectivity index (χ2v) is 15.8. The number of nitrogens with two attached hydrogens (primary N) is 1. The van der Waals surface area contributed by atoms with Crippen LogP contribution in [0.3, 0.4) is 0 Å². The molecule has 3 saturated heterocycles. The Morgan fingerprint density at radius 3 is 2.30 bits per heavy atom. The fourth-order valence-electron chi connectivity index (χ4n) is 5.32. The summed E-state index contributed by atoms with van der Waals surface area (Å²) in [7, 11) is 0. The van der Waals surface area contributed by atoms with E-state index in [1.807, 2.05) is 0 Å². The number of aliphatic hydroxyl groups excluding tert-OH is 2. The lowest BCUT2D eigenvalue weighted by Gasteiger charge is -2.27. The van der Waals surface area contributed by atoms with Crippen LogP contribution in [-0.2, 0) is 43.9 Å². The maximum Gasteiger partial charge on any atom is 0.386 e. The van der Waals surface area contributed by atoms with Gasteiger partial charge in [-0.1, -0.05) is 12.2 Å². The van der Waals surface area contributed by atoms with Gasteiger partial charge < -0.3 is 34.8 Å². The number of rotatable bonds is 2. The van der Waals surface area contributed by atoms with Crippen molar-refractivity contribution in [3.63, 3.8) is 0 Å². The summed E-state index contributed by atoms with van der Waals surface area (Å²) in [6.07, 6.45) is -4.97. The lowest BCUT2D eigenvalue weighted by molar-refractivity contribution is -0.0588. The van der Waals surface area contributed by atoms with E-state index in [9.17, 15) is 19.7 Å². The van der Waals surface area contributed by atoms with Gasteiger partial charge in [-0.05, 0) is 18.7 Å². The molecular formula is C21H25N9O10P2S2. The quantitative estimate of drug-likeness (QED) is 0.139. The van der Waals surface area contributed by atoms with Crippen LogP contribution >= 0.6 is 25.8 Å². The van der Waals surface area contributed by atoms with Gasteiger partial charge in [-0.15, -0.1) is 0 Å². The molecule has 0 aromatic carbocycles. The van der Waals surface area contributed by atoms with E-state index in [-0.39, 0.29) is 17.0 Å². The normalized spacial score (nSPS) is 38.3. The van der Waals surface area contributed by atoms with Gasteiger partial charge in [-0.25, -0.2) is 34.5 Å². The van der Waals surface area contributed by atoms with Gasteiger partial charge in [0.15, 0.2) is 29.6 Å². The second-order valence-electron chi connectivity index (χ2n) is 10.1. The first-order valence-corrected chi connectivity index (χ1v) is 18.3. The van der Waals surface area contributed by atoms with Gasteiger partial charge in [0.1, 0.15) is 60.3 Å². The summed E-state index contributed by atoms with van der Waals surface area (Å²) >= 11 is 9.37. The van der Waals surface area contributed by atoms with Crippen LogP contribution in [0.25, 0.3) is 22.3 Å². The molecule has 44 heavy (non-hydrogen) atoms.